The molecule has 1 N–H and O–H groups in total. The lowest BCUT2D eigenvalue weighted by atomic mass is 10.0. The van der Waals surface area contributed by atoms with Gasteiger partial charge in [-0.3, -0.25) is 4.40 Å². The van der Waals surface area contributed by atoms with E-state index in [1.54, 1.807) is 0 Å². The number of terminal acetylenes is 1. The van der Waals surface area contributed by atoms with E-state index in [0.29, 0.717) is 18.8 Å². The first-order valence-corrected chi connectivity index (χ1v) is 7.86. The van der Waals surface area contributed by atoms with E-state index in [1.165, 1.54) is 0 Å². The smallest absolute Gasteiger partial charge is 0.180 e. The van der Waals surface area contributed by atoms with Gasteiger partial charge in [-0.25, -0.2) is 4.98 Å². The summed E-state index contributed by atoms with van der Waals surface area (Å²) < 4.78 is 8.01. The van der Waals surface area contributed by atoms with E-state index in [2.05, 4.69) is 10.9 Å². The molecule has 3 aromatic rings. The van der Waals surface area contributed by atoms with Crippen molar-refractivity contribution in [3.05, 3.63) is 64.6 Å². The zero-order valence-corrected chi connectivity index (χ0v) is 13.9. The number of aliphatic hydroxyl groups excluding tert-OH is 1. The number of nitrogens with zero attached hydrogens (tertiary/aromatic N) is 2. The molecule has 0 aliphatic rings. The lowest BCUT2D eigenvalue weighted by molar-refractivity contribution is 0.269. The van der Waals surface area contributed by atoms with Crippen LogP contribution in [-0.2, 0) is 19.6 Å². The van der Waals surface area contributed by atoms with Crippen molar-refractivity contribution in [3.63, 3.8) is 0 Å². The first-order chi connectivity index (χ1) is 11.7. The number of aryl methyl sites for hydroxylation is 2. The Hall–Kier alpha value is -2.77. The fourth-order valence-corrected chi connectivity index (χ4v) is 2.89. The van der Waals surface area contributed by atoms with Crippen molar-refractivity contribution in [2.45, 2.75) is 33.5 Å². The predicted molar refractivity (Wildman–Crippen MR) is 93.9 cm³/mol. The van der Waals surface area contributed by atoms with Gasteiger partial charge in [0.15, 0.2) is 11.4 Å². The molecule has 0 unspecified atom stereocenters. The molecule has 0 bridgehead atoms. The van der Waals surface area contributed by atoms with Crippen LogP contribution >= 0.6 is 0 Å². The Balaban J connectivity index is 1.95. The molecule has 0 fully saturated rings. The van der Waals surface area contributed by atoms with Gasteiger partial charge >= 0.3 is 0 Å². The number of hydrogen-bond acceptors (Lipinski definition) is 3. The largest absolute Gasteiger partial charge is 0.485 e. The molecule has 4 nitrogen and oxygen atoms in total. The molecule has 24 heavy (non-hydrogen) atoms. The maximum Gasteiger partial charge on any atom is 0.180 e. The number of pyridine rings is 1. The predicted octanol–water partition coefficient (Wildman–Crippen LogP) is 3.20. The molecule has 0 aliphatic heterocycles. The number of hydrogen-bond donors (Lipinski definition) is 1. The summed E-state index contributed by atoms with van der Waals surface area (Å²) in [5, 5.41) is 9.52. The SMILES string of the molecule is C#CCc1c(C)nc2c(OCc3c(C)cccc3CO)cccn12. The fourth-order valence-electron chi connectivity index (χ4n) is 2.89. The van der Waals surface area contributed by atoms with E-state index in [0.717, 1.165) is 33.7 Å². The monoisotopic (exact) mass is 320 g/mol. The third-order valence-electron chi connectivity index (χ3n) is 4.23. The summed E-state index contributed by atoms with van der Waals surface area (Å²) >= 11 is 0. The molecular formula is C20H20N2O2. The van der Waals surface area contributed by atoms with Crippen molar-refractivity contribution in [1.29, 1.82) is 0 Å². The summed E-state index contributed by atoms with van der Waals surface area (Å²) in [6, 6.07) is 9.70. The topological polar surface area (TPSA) is 46.8 Å². The second kappa shape index (κ2) is 6.77. The van der Waals surface area contributed by atoms with Gasteiger partial charge in [0.2, 0.25) is 0 Å². The lowest BCUT2D eigenvalue weighted by Crippen LogP contribution is -2.04. The van der Waals surface area contributed by atoms with E-state index in [4.69, 9.17) is 11.2 Å². The molecule has 0 saturated heterocycles. The summed E-state index contributed by atoms with van der Waals surface area (Å²) in [5.41, 5.74) is 5.67. The summed E-state index contributed by atoms with van der Waals surface area (Å²) in [5.74, 6) is 3.38. The number of rotatable bonds is 5. The standard InChI is InChI=1S/C20H20N2O2/c1-4-7-18-15(3)21-20-19(10-6-11-22(18)20)24-13-17-14(2)8-5-9-16(17)12-23/h1,5-6,8-11,23H,7,12-13H2,2-3H3. The fraction of sp³-hybridized carbons (Fsp3) is 0.250. The molecule has 0 saturated carbocycles. The highest BCUT2D eigenvalue weighted by atomic mass is 16.5. The molecule has 0 aliphatic carbocycles. The van der Waals surface area contributed by atoms with Crippen LogP contribution in [0, 0.1) is 26.2 Å². The average molecular weight is 320 g/mol. The number of aromatic nitrogens is 2. The quantitative estimate of drug-likeness (QED) is 0.734. The normalized spacial score (nSPS) is 10.8. The van der Waals surface area contributed by atoms with Crippen molar-refractivity contribution in [1.82, 2.24) is 9.38 Å². The maximum absolute atomic E-state index is 9.52. The third-order valence-corrected chi connectivity index (χ3v) is 4.23. The van der Waals surface area contributed by atoms with Crippen LogP contribution in [0.2, 0.25) is 0 Å². The molecule has 1 aromatic carbocycles. The molecule has 2 heterocycles. The van der Waals surface area contributed by atoms with Gasteiger partial charge in [0.25, 0.3) is 0 Å². The average Bonchev–Trinajstić information content (AvgIpc) is 2.90. The first kappa shape index (κ1) is 16.1. The zero-order chi connectivity index (χ0) is 17.1. The van der Waals surface area contributed by atoms with Gasteiger partial charge in [0.05, 0.1) is 24.4 Å². The summed E-state index contributed by atoms with van der Waals surface area (Å²) in [7, 11) is 0. The Labute approximate surface area is 141 Å². The third kappa shape index (κ3) is 2.86. The van der Waals surface area contributed by atoms with Crippen LogP contribution in [-0.4, -0.2) is 14.5 Å². The van der Waals surface area contributed by atoms with Gasteiger partial charge in [0, 0.05) is 6.20 Å². The molecule has 122 valence electrons. The number of benzene rings is 1. The van der Waals surface area contributed by atoms with Gasteiger partial charge in [0.1, 0.15) is 6.61 Å². The highest BCUT2D eigenvalue weighted by molar-refractivity contribution is 5.56. The molecule has 0 atom stereocenters. The van der Waals surface area contributed by atoms with Crippen molar-refractivity contribution >= 4 is 5.65 Å². The van der Waals surface area contributed by atoms with E-state index in [-0.39, 0.29) is 6.61 Å². The second-order valence-electron chi connectivity index (χ2n) is 5.75. The lowest BCUT2D eigenvalue weighted by Gasteiger charge is -2.13. The van der Waals surface area contributed by atoms with Gasteiger partial charge in [-0.2, -0.15) is 0 Å². The van der Waals surface area contributed by atoms with Crippen LogP contribution in [0.4, 0.5) is 0 Å². The summed E-state index contributed by atoms with van der Waals surface area (Å²) in [6.07, 6.45) is 7.93. The molecule has 4 heteroatoms. The van der Waals surface area contributed by atoms with Crippen molar-refractivity contribution in [3.8, 4) is 18.1 Å². The van der Waals surface area contributed by atoms with Gasteiger partial charge in [-0.15, -0.1) is 12.3 Å². The maximum atomic E-state index is 9.52. The number of aliphatic hydroxyl groups is 1. The number of imidazole rings is 1. The number of ether oxygens (including phenoxy) is 1. The molecule has 3 rings (SSSR count). The Bertz CT molecular complexity index is 919. The van der Waals surface area contributed by atoms with Crippen LogP contribution in [0.3, 0.4) is 0 Å². The van der Waals surface area contributed by atoms with Crippen LogP contribution < -0.4 is 4.74 Å². The molecular weight excluding hydrogens is 300 g/mol. The zero-order valence-electron chi connectivity index (χ0n) is 13.9. The highest BCUT2D eigenvalue weighted by Gasteiger charge is 2.13. The van der Waals surface area contributed by atoms with Crippen LogP contribution in [0.25, 0.3) is 5.65 Å². The minimum absolute atomic E-state index is 0.000619. The summed E-state index contributed by atoms with van der Waals surface area (Å²) in [4.78, 5) is 4.60. The van der Waals surface area contributed by atoms with Crippen molar-refractivity contribution in [2.75, 3.05) is 0 Å². The van der Waals surface area contributed by atoms with Crippen LogP contribution in [0.15, 0.2) is 36.5 Å². The minimum Gasteiger partial charge on any atom is -0.485 e. The van der Waals surface area contributed by atoms with Crippen molar-refractivity contribution < 1.29 is 9.84 Å². The van der Waals surface area contributed by atoms with E-state index >= 15 is 0 Å². The Kier molecular flexibility index (Phi) is 4.54. The number of fused-ring (bicyclic) bond motifs is 1. The highest BCUT2D eigenvalue weighted by Crippen LogP contribution is 2.24. The van der Waals surface area contributed by atoms with Gasteiger partial charge in [-0.05, 0) is 42.7 Å². The van der Waals surface area contributed by atoms with E-state index < -0.39 is 0 Å². The molecule has 2 aromatic heterocycles. The minimum atomic E-state index is -0.000619. The second-order valence-corrected chi connectivity index (χ2v) is 5.75. The molecule has 0 radical (unpaired) electrons. The Morgan fingerprint density at radius 2 is 2.08 bits per heavy atom. The Morgan fingerprint density at radius 1 is 1.25 bits per heavy atom. The van der Waals surface area contributed by atoms with Gasteiger partial charge in [-0.1, -0.05) is 18.2 Å². The Morgan fingerprint density at radius 3 is 2.83 bits per heavy atom. The van der Waals surface area contributed by atoms with Crippen molar-refractivity contribution in [2.24, 2.45) is 0 Å². The van der Waals surface area contributed by atoms with E-state index in [9.17, 15) is 5.11 Å². The molecule has 0 amide bonds. The van der Waals surface area contributed by atoms with E-state index in [1.807, 2.05) is 54.8 Å². The summed E-state index contributed by atoms with van der Waals surface area (Å²) in [6.45, 7) is 4.36. The molecule has 0 spiro atoms. The van der Waals surface area contributed by atoms with Gasteiger partial charge < -0.3 is 9.84 Å². The van der Waals surface area contributed by atoms with Crippen LogP contribution in [0.5, 0.6) is 5.75 Å². The van der Waals surface area contributed by atoms with Crippen LogP contribution in [0.1, 0.15) is 28.1 Å². The first-order valence-electron chi connectivity index (χ1n) is 7.86.